The van der Waals surface area contributed by atoms with E-state index in [0.29, 0.717) is 0 Å². The van der Waals surface area contributed by atoms with E-state index in [1.807, 2.05) is 0 Å². The van der Waals surface area contributed by atoms with Crippen LogP contribution in [0.25, 0.3) is 0 Å². The van der Waals surface area contributed by atoms with E-state index in [1.165, 1.54) is 31.2 Å². The highest BCUT2D eigenvalue weighted by Gasteiger charge is 2.43. The predicted molar refractivity (Wildman–Crippen MR) is 56.5 cm³/mol. The Labute approximate surface area is 85.1 Å². The molecular weight excluding hydrogens is 172 g/mol. The SMILES string of the molecule is CC12CCCC1Cc1ccccc1O2. The van der Waals surface area contributed by atoms with Gasteiger partial charge in [0.05, 0.1) is 0 Å². The maximum atomic E-state index is 6.14. The van der Waals surface area contributed by atoms with Gasteiger partial charge >= 0.3 is 0 Å². The topological polar surface area (TPSA) is 9.23 Å². The number of fused-ring (bicyclic) bond motifs is 2. The molecule has 0 saturated heterocycles. The van der Waals surface area contributed by atoms with Crippen molar-refractivity contribution in [3.05, 3.63) is 29.8 Å². The second-order valence-corrected chi connectivity index (χ2v) is 4.82. The first-order chi connectivity index (χ1) is 6.78. The van der Waals surface area contributed by atoms with Crippen LogP contribution >= 0.6 is 0 Å². The number of hydrogen-bond acceptors (Lipinski definition) is 1. The third-order valence-electron chi connectivity index (χ3n) is 3.87. The minimum absolute atomic E-state index is 0.133. The fourth-order valence-electron chi connectivity index (χ4n) is 2.95. The van der Waals surface area contributed by atoms with Gasteiger partial charge < -0.3 is 4.74 Å². The molecular formula is C13H16O. The summed E-state index contributed by atoms with van der Waals surface area (Å²) in [6, 6.07) is 8.49. The van der Waals surface area contributed by atoms with Crippen LogP contribution in [0.15, 0.2) is 24.3 Å². The van der Waals surface area contributed by atoms with Crippen molar-refractivity contribution >= 4 is 0 Å². The lowest BCUT2D eigenvalue weighted by molar-refractivity contribution is 0.0325. The van der Waals surface area contributed by atoms with Crippen LogP contribution in [-0.2, 0) is 6.42 Å². The van der Waals surface area contributed by atoms with Crippen LogP contribution in [0.5, 0.6) is 5.75 Å². The van der Waals surface area contributed by atoms with Gasteiger partial charge in [-0.15, -0.1) is 0 Å². The van der Waals surface area contributed by atoms with Crippen molar-refractivity contribution in [2.24, 2.45) is 5.92 Å². The molecule has 1 saturated carbocycles. The maximum absolute atomic E-state index is 6.14. The number of para-hydroxylation sites is 1. The average molecular weight is 188 g/mol. The number of rotatable bonds is 0. The Morgan fingerprint density at radius 2 is 2.21 bits per heavy atom. The maximum Gasteiger partial charge on any atom is 0.123 e. The molecule has 1 nitrogen and oxygen atoms in total. The van der Waals surface area contributed by atoms with Crippen LogP contribution in [0, 0.1) is 5.92 Å². The van der Waals surface area contributed by atoms with Gasteiger partial charge in [0.2, 0.25) is 0 Å². The van der Waals surface area contributed by atoms with Gasteiger partial charge in [0.1, 0.15) is 11.4 Å². The van der Waals surface area contributed by atoms with Gasteiger partial charge in [-0.1, -0.05) is 18.2 Å². The molecule has 0 radical (unpaired) electrons. The largest absolute Gasteiger partial charge is 0.487 e. The van der Waals surface area contributed by atoms with Gasteiger partial charge in [0, 0.05) is 5.92 Å². The molecule has 2 aliphatic rings. The van der Waals surface area contributed by atoms with Crippen LogP contribution in [0.2, 0.25) is 0 Å². The molecule has 1 aliphatic heterocycles. The predicted octanol–water partition coefficient (Wildman–Crippen LogP) is 3.18. The fraction of sp³-hybridized carbons (Fsp3) is 0.538. The molecule has 0 aromatic heterocycles. The fourth-order valence-corrected chi connectivity index (χ4v) is 2.95. The molecule has 2 atom stereocenters. The molecule has 1 aliphatic carbocycles. The van der Waals surface area contributed by atoms with Gasteiger partial charge in [-0.3, -0.25) is 0 Å². The number of ether oxygens (including phenoxy) is 1. The lowest BCUT2D eigenvalue weighted by Crippen LogP contribution is -2.40. The van der Waals surface area contributed by atoms with Crippen LogP contribution in [-0.4, -0.2) is 5.60 Å². The van der Waals surface area contributed by atoms with Crippen molar-refractivity contribution in [2.75, 3.05) is 0 Å². The Morgan fingerprint density at radius 1 is 1.36 bits per heavy atom. The minimum atomic E-state index is 0.133. The second kappa shape index (κ2) is 2.75. The summed E-state index contributed by atoms with van der Waals surface area (Å²) in [5.74, 6) is 1.87. The molecule has 0 bridgehead atoms. The van der Waals surface area contributed by atoms with Gasteiger partial charge in [-0.05, 0) is 44.2 Å². The summed E-state index contributed by atoms with van der Waals surface area (Å²) in [7, 11) is 0. The molecule has 74 valence electrons. The first-order valence-electron chi connectivity index (χ1n) is 5.55. The minimum Gasteiger partial charge on any atom is -0.487 e. The molecule has 0 N–H and O–H groups in total. The Hall–Kier alpha value is -0.980. The van der Waals surface area contributed by atoms with E-state index in [4.69, 9.17) is 4.74 Å². The van der Waals surface area contributed by atoms with Crippen molar-refractivity contribution in [3.63, 3.8) is 0 Å². The van der Waals surface area contributed by atoms with Crippen molar-refractivity contribution < 1.29 is 4.74 Å². The first-order valence-corrected chi connectivity index (χ1v) is 5.55. The summed E-state index contributed by atoms with van der Waals surface area (Å²) in [5, 5.41) is 0. The van der Waals surface area contributed by atoms with E-state index < -0.39 is 0 Å². The Kier molecular flexibility index (Phi) is 1.64. The first kappa shape index (κ1) is 8.34. The van der Waals surface area contributed by atoms with Crippen LogP contribution in [0.3, 0.4) is 0 Å². The third-order valence-corrected chi connectivity index (χ3v) is 3.87. The molecule has 3 rings (SSSR count). The molecule has 1 heterocycles. The zero-order chi connectivity index (χ0) is 9.60. The van der Waals surface area contributed by atoms with E-state index >= 15 is 0 Å². The smallest absolute Gasteiger partial charge is 0.123 e. The average Bonchev–Trinajstić information content (AvgIpc) is 2.54. The monoisotopic (exact) mass is 188 g/mol. The van der Waals surface area contributed by atoms with E-state index in [9.17, 15) is 0 Å². The normalized spacial score (nSPS) is 34.5. The summed E-state index contributed by atoms with van der Waals surface area (Å²) < 4.78 is 6.14. The van der Waals surface area contributed by atoms with Gasteiger partial charge in [-0.25, -0.2) is 0 Å². The highest BCUT2D eigenvalue weighted by Crippen LogP contribution is 2.46. The van der Waals surface area contributed by atoms with Gasteiger partial charge in [-0.2, -0.15) is 0 Å². The standard InChI is InChI=1S/C13H16O/c1-13-8-4-6-11(13)9-10-5-2-3-7-12(10)14-13/h2-3,5,7,11H,4,6,8-9H2,1H3. The molecule has 0 spiro atoms. The zero-order valence-corrected chi connectivity index (χ0v) is 8.62. The molecule has 1 aromatic rings. The van der Waals surface area contributed by atoms with Crippen LogP contribution in [0.4, 0.5) is 0 Å². The Bertz CT molecular complexity index is 358. The van der Waals surface area contributed by atoms with Crippen molar-refractivity contribution in [2.45, 2.75) is 38.2 Å². The third kappa shape index (κ3) is 1.08. The molecule has 2 unspecified atom stereocenters. The summed E-state index contributed by atoms with van der Waals surface area (Å²) in [4.78, 5) is 0. The van der Waals surface area contributed by atoms with E-state index in [0.717, 1.165) is 11.7 Å². The van der Waals surface area contributed by atoms with Gasteiger partial charge in [0.25, 0.3) is 0 Å². The highest BCUT2D eigenvalue weighted by atomic mass is 16.5. The molecule has 14 heavy (non-hydrogen) atoms. The molecule has 1 fully saturated rings. The molecule has 1 heteroatoms. The highest BCUT2D eigenvalue weighted by molar-refractivity contribution is 5.37. The summed E-state index contributed by atoms with van der Waals surface area (Å²) in [6.45, 7) is 2.28. The van der Waals surface area contributed by atoms with Crippen molar-refractivity contribution in [3.8, 4) is 5.75 Å². The number of benzene rings is 1. The quantitative estimate of drug-likeness (QED) is 0.607. The van der Waals surface area contributed by atoms with E-state index in [1.54, 1.807) is 0 Å². The second-order valence-electron chi connectivity index (χ2n) is 4.82. The molecule has 0 amide bonds. The van der Waals surface area contributed by atoms with Crippen molar-refractivity contribution in [1.82, 2.24) is 0 Å². The van der Waals surface area contributed by atoms with Crippen LogP contribution in [0.1, 0.15) is 31.7 Å². The molecule has 1 aromatic carbocycles. The Balaban J connectivity index is 2.02. The van der Waals surface area contributed by atoms with E-state index in [2.05, 4.69) is 31.2 Å². The van der Waals surface area contributed by atoms with Crippen LogP contribution < -0.4 is 4.74 Å². The zero-order valence-electron chi connectivity index (χ0n) is 8.62. The summed E-state index contributed by atoms with van der Waals surface area (Å²) in [6.07, 6.45) is 5.11. The van der Waals surface area contributed by atoms with Gasteiger partial charge in [0.15, 0.2) is 0 Å². The summed E-state index contributed by atoms with van der Waals surface area (Å²) in [5.41, 5.74) is 1.53. The van der Waals surface area contributed by atoms with E-state index in [-0.39, 0.29) is 5.60 Å². The Morgan fingerprint density at radius 3 is 3.14 bits per heavy atom. The summed E-state index contributed by atoms with van der Waals surface area (Å²) >= 11 is 0. The van der Waals surface area contributed by atoms with Crippen molar-refractivity contribution in [1.29, 1.82) is 0 Å². The lowest BCUT2D eigenvalue weighted by atomic mass is 9.84. The number of hydrogen-bond donors (Lipinski definition) is 0. The lowest BCUT2D eigenvalue weighted by Gasteiger charge is -2.38.